The van der Waals surface area contributed by atoms with E-state index in [4.69, 9.17) is 21.1 Å². The van der Waals surface area contributed by atoms with Crippen LogP contribution >= 0.6 is 23.4 Å². The molecule has 1 aliphatic heterocycles. The van der Waals surface area contributed by atoms with Gasteiger partial charge in [0.15, 0.2) is 11.5 Å². The van der Waals surface area contributed by atoms with Crippen LogP contribution in [0, 0.1) is 6.92 Å². The number of rotatable bonds is 8. The Labute approximate surface area is 202 Å². The van der Waals surface area contributed by atoms with Gasteiger partial charge in [0.05, 0.1) is 23.1 Å². The molecule has 33 heavy (non-hydrogen) atoms. The highest BCUT2D eigenvalue weighted by molar-refractivity contribution is 8.18. The average molecular weight is 489 g/mol. The minimum Gasteiger partial charge on any atom is -0.493 e. The summed E-state index contributed by atoms with van der Waals surface area (Å²) in [5.74, 6) is -0.151. The number of ether oxygens (including phenoxy) is 2. The Morgan fingerprint density at radius 2 is 2.00 bits per heavy atom. The molecule has 3 rings (SSSR count). The molecule has 2 aromatic carbocycles. The highest BCUT2D eigenvalue weighted by atomic mass is 35.5. The number of halogens is 1. The van der Waals surface area contributed by atoms with E-state index in [9.17, 15) is 14.4 Å². The molecule has 1 aliphatic rings. The second-order valence-electron chi connectivity index (χ2n) is 7.50. The number of thioether (sulfide) groups is 1. The summed E-state index contributed by atoms with van der Waals surface area (Å²) in [6, 6.07) is 10.6. The number of hydrogen-bond acceptors (Lipinski definition) is 6. The maximum Gasteiger partial charge on any atom is 0.294 e. The molecule has 7 nitrogen and oxygen atoms in total. The first-order chi connectivity index (χ1) is 15.7. The molecule has 0 spiro atoms. The van der Waals surface area contributed by atoms with Crippen LogP contribution < -0.4 is 14.8 Å². The topological polar surface area (TPSA) is 84.9 Å². The fraction of sp³-hybridized carbons (Fsp3) is 0.292. The third kappa shape index (κ3) is 5.89. The summed E-state index contributed by atoms with van der Waals surface area (Å²) in [7, 11) is 1.50. The Kier molecular flexibility index (Phi) is 8.05. The number of imide groups is 1. The Hall–Kier alpha value is -2.97. The Bertz CT molecular complexity index is 1120. The number of hydrogen-bond donors (Lipinski definition) is 1. The van der Waals surface area contributed by atoms with Gasteiger partial charge in [-0.1, -0.05) is 36.7 Å². The van der Waals surface area contributed by atoms with Crippen molar-refractivity contribution >= 4 is 52.2 Å². The van der Waals surface area contributed by atoms with E-state index in [0.29, 0.717) is 27.8 Å². The number of carbonyl (C=O) groups is 3. The van der Waals surface area contributed by atoms with E-state index in [-0.39, 0.29) is 17.6 Å². The number of para-hydroxylation sites is 1. The summed E-state index contributed by atoms with van der Waals surface area (Å²) in [5, 5.41) is 2.55. The maximum atomic E-state index is 12.8. The van der Waals surface area contributed by atoms with E-state index >= 15 is 0 Å². The normalized spacial score (nSPS) is 15.7. The fourth-order valence-corrected chi connectivity index (χ4v) is 4.16. The van der Waals surface area contributed by atoms with Crippen LogP contribution in [0.1, 0.15) is 31.4 Å². The van der Waals surface area contributed by atoms with Gasteiger partial charge in [-0.2, -0.15) is 0 Å². The summed E-state index contributed by atoms with van der Waals surface area (Å²) >= 11 is 7.17. The smallest absolute Gasteiger partial charge is 0.294 e. The van der Waals surface area contributed by atoms with Crippen LogP contribution in [0.3, 0.4) is 0 Å². The van der Waals surface area contributed by atoms with E-state index in [2.05, 4.69) is 5.32 Å². The zero-order valence-electron chi connectivity index (χ0n) is 18.8. The van der Waals surface area contributed by atoms with Crippen LogP contribution in [0.4, 0.5) is 10.5 Å². The fourth-order valence-electron chi connectivity index (χ4n) is 3.06. The van der Waals surface area contributed by atoms with Crippen LogP contribution in [-0.4, -0.2) is 41.7 Å². The first kappa shape index (κ1) is 24.7. The van der Waals surface area contributed by atoms with E-state index in [1.165, 1.54) is 7.11 Å². The molecule has 0 aromatic heterocycles. The zero-order chi connectivity index (χ0) is 24.1. The Morgan fingerprint density at radius 1 is 1.27 bits per heavy atom. The van der Waals surface area contributed by atoms with Crippen LogP contribution in [0.5, 0.6) is 11.5 Å². The van der Waals surface area contributed by atoms with Crippen LogP contribution in [-0.2, 0) is 9.59 Å². The lowest BCUT2D eigenvalue weighted by Crippen LogP contribution is -2.36. The molecule has 0 aliphatic carbocycles. The maximum absolute atomic E-state index is 12.8. The van der Waals surface area contributed by atoms with E-state index < -0.39 is 17.1 Å². The first-order valence-corrected chi connectivity index (χ1v) is 11.6. The minimum absolute atomic E-state index is 0.0513. The molecule has 0 bridgehead atoms. The highest BCUT2D eigenvalue weighted by Crippen LogP contribution is 2.39. The molecule has 0 saturated carbocycles. The quantitative estimate of drug-likeness (QED) is 0.493. The van der Waals surface area contributed by atoms with Gasteiger partial charge in [0.2, 0.25) is 5.91 Å². The summed E-state index contributed by atoms with van der Waals surface area (Å²) < 4.78 is 11.2. The number of nitrogens with one attached hydrogen (secondary N) is 1. The lowest BCUT2D eigenvalue weighted by atomic mass is 10.1. The third-order valence-electron chi connectivity index (χ3n) is 5.04. The van der Waals surface area contributed by atoms with Gasteiger partial charge in [-0.05, 0) is 67.4 Å². The number of carbonyl (C=O) groups excluding carboxylic acids is 3. The molecule has 1 atom stereocenters. The van der Waals surface area contributed by atoms with Crippen molar-refractivity contribution in [2.24, 2.45) is 0 Å². The molecule has 1 fully saturated rings. The molecule has 1 heterocycles. The predicted octanol–water partition coefficient (Wildman–Crippen LogP) is 5.51. The number of methoxy groups -OCH3 is 1. The summed E-state index contributed by atoms with van der Waals surface area (Å²) in [6.45, 7) is 5.41. The molecular formula is C24H25ClN2O5S. The van der Waals surface area contributed by atoms with Gasteiger partial charge in [-0.25, -0.2) is 0 Å². The van der Waals surface area contributed by atoms with Gasteiger partial charge >= 0.3 is 0 Å². The predicted molar refractivity (Wildman–Crippen MR) is 131 cm³/mol. The lowest BCUT2D eigenvalue weighted by molar-refractivity contribution is -0.127. The Balaban J connectivity index is 1.77. The van der Waals surface area contributed by atoms with Gasteiger partial charge in [0.25, 0.3) is 11.1 Å². The average Bonchev–Trinajstić information content (AvgIpc) is 3.04. The van der Waals surface area contributed by atoms with Crippen LogP contribution in [0.25, 0.3) is 6.08 Å². The SMILES string of the molecule is CC[C@@H](C)Oc1c(Cl)cc(/C=C2\SC(=O)N(CC(=O)Nc3ccccc3C)C2=O)cc1OC. The van der Waals surface area contributed by atoms with Crippen molar-refractivity contribution in [3.05, 3.63) is 57.5 Å². The van der Waals surface area contributed by atoms with Gasteiger partial charge in [0, 0.05) is 5.69 Å². The van der Waals surface area contributed by atoms with Gasteiger partial charge in [-0.15, -0.1) is 0 Å². The summed E-state index contributed by atoms with van der Waals surface area (Å²) in [6.07, 6.45) is 2.29. The molecule has 2 aromatic rings. The zero-order valence-corrected chi connectivity index (χ0v) is 20.4. The van der Waals surface area contributed by atoms with E-state index in [1.54, 1.807) is 30.3 Å². The summed E-state index contributed by atoms with van der Waals surface area (Å²) in [5.41, 5.74) is 2.08. The van der Waals surface area contributed by atoms with Gasteiger partial charge < -0.3 is 14.8 Å². The standard InChI is InChI=1S/C24H25ClN2O5S/c1-5-15(3)32-22-17(25)10-16(11-19(22)31-4)12-20-23(29)27(24(30)33-20)13-21(28)26-18-9-7-6-8-14(18)2/h6-12,15H,5,13H2,1-4H3,(H,26,28)/b20-12-/t15-/m1/s1. The molecule has 1 N–H and O–H groups in total. The van der Waals surface area contributed by atoms with E-state index in [1.807, 2.05) is 32.9 Å². The molecule has 1 saturated heterocycles. The number of anilines is 1. The molecule has 0 radical (unpaired) electrons. The van der Waals surface area contributed by atoms with Crippen LogP contribution in [0.15, 0.2) is 41.3 Å². The second kappa shape index (κ2) is 10.8. The minimum atomic E-state index is -0.542. The Morgan fingerprint density at radius 3 is 2.67 bits per heavy atom. The van der Waals surface area contributed by atoms with Crippen molar-refractivity contribution < 1.29 is 23.9 Å². The largest absolute Gasteiger partial charge is 0.493 e. The van der Waals surface area contributed by atoms with Crippen molar-refractivity contribution in [2.45, 2.75) is 33.3 Å². The third-order valence-corrected chi connectivity index (χ3v) is 6.23. The van der Waals surface area contributed by atoms with E-state index in [0.717, 1.165) is 28.6 Å². The second-order valence-corrected chi connectivity index (χ2v) is 8.90. The van der Waals surface area contributed by atoms with Gasteiger partial charge in [-0.3, -0.25) is 19.3 Å². The number of aryl methyl sites for hydroxylation is 1. The number of benzene rings is 2. The summed E-state index contributed by atoms with van der Waals surface area (Å²) in [4.78, 5) is 38.8. The number of nitrogens with zero attached hydrogens (tertiary/aromatic N) is 1. The van der Waals surface area contributed by atoms with Crippen molar-refractivity contribution in [3.8, 4) is 11.5 Å². The molecule has 0 unspecified atom stereocenters. The number of amides is 3. The molecule has 9 heteroatoms. The van der Waals surface area contributed by atoms with Crippen molar-refractivity contribution in [1.29, 1.82) is 0 Å². The monoisotopic (exact) mass is 488 g/mol. The first-order valence-electron chi connectivity index (χ1n) is 10.4. The molecule has 174 valence electrons. The van der Waals surface area contributed by atoms with Crippen molar-refractivity contribution in [1.82, 2.24) is 4.90 Å². The lowest BCUT2D eigenvalue weighted by Gasteiger charge is -2.17. The van der Waals surface area contributed by atoms with Gasteiger partial charge in [0.1, 0.15) is 6.54 Å². The highest BCUT2D eigenvalue weighted by Gasteiger charge is 2.36. The van der Waals surface area contributed by atoms with Crippen molar-refractivity contribution in [2.75, 3.05) is 19.0 Å². The van der Waals surface area contributed by atoms with Crippen LogP contribution in [0.2, 0.25) is 5.02 Å². The molecule has 3 amide bonds. The molecular weight excluding hydrogens is 464 g/mol. The van der Waals surface area contributed by atoms with Crippen molar-refractivity contribution in [3.63, 3.8) is 0 Å².